The van der Waals surface area contributed by atoms with Crippen LogP contribution in [0.1, 0.15) is 24.8 Å². The van der Waals surface area contributed by atoms with Gasteiger partial charge in [0.15, 0.2) is 0 Å². The Kier molecular flexibility index (Phi) is 5.69. The second kappa shape index (κ2) is 7.55. The zero-order chi connectivity index (χ0) is 12.6. The molecule has 0 bridgehead atoms. The molecule has 2 heteroatoms. The number of hydrogen-bond donors (Lipinski definition) is 1. The van der Waals surface area contributed by atoms with Crippen LogP contribution in [-0.2, 0) is 6.42 Å². The number of benzene rings is 1. The Hall–Kier alpha value is -0.860. The van der Waals surface area contributed by atoms with Crippen LogP contribution in [0.5, 0.6) is 0 Å². The van der Waals surface area contributed by atoms with Gasteiger partial charge in [0.05, 0.1) is 0 Å². The van der Waals surface area contributed by atoms with Gasteiger partial charge in [0.1, 0.15) is 0 Å². The minimum Gasteiger partial charge on any atom is -0.319 e. The monoisotopic (exact) mass is 246 g/mol. The third-order valence-electron chi connectivity index (χ3n) is 3.98. The fraction of sp³-hybridized carbons (Fsp3) is 0.625. The Bertz CT molecular complexity index is 315. The van der Waals surface area contributed by atoms with Gasteiger partial charge in [0.2, 0.25) is 0 Å². The first-order valence-corrected chi connectivity index (χ1v) is 7.29. The lowest BCUT2D eigenvalue weighted by Gasteiger charge is -2.31. The van der Waals surface area contributed by atoms with E-state index in [1.807, 2.05) is 0 Å². The third kappa shape index (κ3) is 4.43. The van der Waals surface area contributed by atoms with Gasteiger partial charge in [-0.1, -0.05) is 30.3 Å². The fourth-order valence-electron chi connectivity index (χ4n) is 2.85. The number of aryl methyl sites for hydroxylation is 1. The lowest BCUT2D eigenvalue weighted by atomic mass is 9.96. The number of rotatable bonds is 6. The highest BCUT2D eigenvalue weighted by atomic mass is 15.1. The molecule has 0 unspecified atom stereocenters. The van der Waals surface area contributed by atoms with Gasteiger partial charge >= 0.3 is 0 Å². The first-order valence-electron chi connectivity index (χ1n) is 7.29. The molecule has 100 valence electrons. The molecule has 0 spiro atoms. The van der Waals surface area contributed by atoms with Crippen LogP contribution in [0.15, 0.2) is 30.3 Å². The van der Waals surface area contributed by atoms with Crippen molar-refractivity contribution in [2.24, 2.45) is 5.92 Å². The minimum absolute atomic E-state index is 0.903. The molecule has 0 amide bonds. The van der Waals surface area contributed by atoms with E-state index < -0.39 is 0 Å². The fourth-order valence-corrected chi connectivity index (χ4v) is 2.85. The molecule has 1 fully saturated rings. The molecular formula is C16H26N2. The summed E-state index contributed by atoms with van der Waals surface area (Å²) in [4.78, 5) is 2.63. The summed E-state index contributed by atoms with van der Waals surface area (Å²) in [6, 6.07) is 10.8. The van der Waals surface area contributed by atoms with Crippen molar-refractivity contribution in [1.29, 1.82) is 0 Å². The number of nitrogens with one attached hydrogen (secondary N) is 1. The van der Waals surface area contributed by atoms with Crippen molar-refractivity contribution in [3.8, 4) is 0 Å². The average Bonchev–Trinajstić information content (AvgIpc) is 2.42. The van der Waals surface area contributed by atoms with Gasteiger partial charge in [0, 0.05) is 0 Å². The van der Waals surface area contributed by atoms with Gasteiger partial charge in [-0.2, -0.15) is 0 Å². The average molecular weight is 246 g/mol. The van der Waals surface area contributed by atoms with Crippen molar-refractivity contribution >= 4 is 0 Å². The van der Waals surface area contributed by atoms with Crippen LogP contribution in [-0.4, -0.2) is 38.1 Å². The summed E-state index contributed by atoms with van der Waals surface area (Å²) in [5.74, 6) is 0.903. The van der Waals surface area contributed by atoms with Crippen LogP contribution in [0.25, 0.3) is 0 Å². The molecule has 0 radical (unpaired) electrons. The summed E-state index contributed by atoms with van der Waals surface area (Å²) >= 11 is 0. The highest BCUT2D eigenvalue weighted by molar-refractivity contribution is 5.14. The number of nitrogens with zero attached hydrogens (tertiary/aromatic N) is 1. The molecule has 0 aromatic heterocycles. The van der Waals surface area contributed by atoms with Crippen LogP contribution < -0.4 is 5.32 Å². The highest BCUT2D eigenvalue weighted by Gasteiger charge is 2.17. The summed E-state index contributed by atoms with van der Waals surface area (Å²) in [5.41, 5.74) is 1.47. The van der Waals surface area contributed by atoms with Crippen molar-refractivity contribution in [2.75, 3.05) is 33.2 Å². The van der Waals surface area contributed by atoms with Gasteiger partial charge in [0.25, 0.3) is 0 Å². The van der Waals surface area contributed by atoms with Crippen LogP contribution in [0.3, 0.4) is 0 Å². The van der Waals surface area contributed by atoms with Gasteiger partial charge in [-0.05, 0) is 70.4 Å². The topological polar surface area (TPSA) is 15.3 Å². The summed E-state index contributed by atoms with van der Waals surface area (Å²) < 4.78 is 0. The minimum atomic E-state index is 0.903. The maximum absolute atomic E-state index is 3.30. The smallest absolute Gasteiger partial charge is 0.00156 e. The van der Waals surface area contributed by atoms with E-state index in [1.165, 1.54) is 57.4 Å². The Morgan fingerprint density at radius 2 is 1.89 bits per heavy atom. The molecule has 0 aliphatic carbocycles. The predicted octanol–water partition coefficient (Wildman–Crippen LogP) is 2.55. The molecule has 2 rings (SSSR count). The molecule has 0 saturated carbocycles. The van der Waals surface area contributed by atoms with Crippen molar-refractivity contribution < 1.29 is 0 Å². The second-order valence-electron chi connectivity index (χ2n) is 5.43. The summed E-state index contributed by atoms with van der Waals surface area (Å²) in [6.45, 7) is 5.04. The van der Waals surface area contributed by atoms with Crippen molar-refractivity contribution in [2.45, 2.75) is 25.7 Å². The number of piperidine rings is 1. The SMILES string of the molecule is CNCC1CCN(CCCc2ccccc2)CC1. The maximum atomic E-state index is 3.30. The summed E-state index contributed by atoms with van der Waals surface area (Å²) in [5, 5.41) is 3.30. The van der Waals surface area contributed by atoms with E-state index in [-0.39, 0.29) is 0 Å². The van der Waals surface area contributed by atoms with Crippen LogP contribution in [0, 0.1) is 5.92 Å². The summed E-state index contributed by atoms with van der Waals surface area (Å²) in [6.07, 6.45) is 5.25. The lowest BCUT2D eigenvalue weighted by molar-refractivity contribution is 0.182. The molecule has 1 heterocycles. The molecule has 2 nitrogen and oxygen atoms in total. The van der Waals surface area contributed by atoms with E-state index in [1.54, 1.807) is 0 Å². The Labute approximate surface area is 111 Å². The van der Waals surface area contributed by atoms with E-state index >= 15 is 0 Å². The molecular weight excluding hydrogens is 220 g/mol. The van der Waals surface area contributed by atoms with Gasteiger partial charge < -0.3 is 10.2 Å². The van der Waals surface area contributed by atoms with Crippen molar-refractivity contribution in [3.05, 3.63) is 35.9 Å². The first-order chi connectivity index (χ1) is 8.88. The zero-order valence-corrected chi connectivity index (χ0v) is 11.6. The molecule has 18 heavy (non-hydrogen) atoms. The van der Waals surface area contributed by atoms with Gasteiger partial charge in [-0.15, -0.1) is 0 Å². The largest absolute Gasteiger partial charge is 0.319 e. The molecule has 1 aliphatic rings. The standard InChI is InChI=1S/C16H26N2/c1-17-14-16-9-12-18(13-10-16)11-5-8-15-6-3-2-4-7-15/h2-4,6-7,16-17H,5,8-14H2,1H3. The first kappa shape index (κ1) is 13.6. The lowest BCUT2D eigenvalue weighted by Crippen LogP contribution is -2.37. The van der Waals surface area contributed by atoms with E-state index in [4.69, 9.17) is 0 Å². The number of likely N-dealkylation sites (tertiary alicyclic amines) is 1. The Balaban J connectivity index is 1.61. The molecule has 1 aromatic rings. The molecule has 0 atom stereocenters. The van der Waals surface area contributed by atoms with Crippen molar-refractivity contribution in [1.82, 2.24) is 10.2 Å². The summed E-state index contributed by atoms with van der Waals surface area (Å²) in [7, 11) is 2.06. The van der Waals surface area contributed by atoms with Crippen LogP contribution in [0.4, 0.5) is 0 Å². The molecule has 1 aromatic carbocycles. The Morgan fingerprint density at radius 3 is 2.56 bits per heavy atom. The third-order valence-corrected chi connectivity index (χ3v) is 3.98. The normalized spacial score (nSPS) is 18.1. The van der Waals surface area contributed by atoms with Crippen LogP contribution >= 0.6 is 0 Å². The van der Waals surface area contributed by atoms with E-state index in [0.717, 1.165) is 5.92 Å². The van der Waals surface area contributed by atoms with Gasteiger partial charge in [-0.3, -0.25) is 0 Å². The van der Waals surface area contributed by atoms with Crippen molar-refractivity contribution in [3.63, 3.8) is 0 Å². The quantitative estimate of drug-likeness (QED) is 0.830. The molecule has 1 N–H and O–H groups in total. The maximum Gasteiger partial charge on any atom is -0.00156 e. The van der Waals surface area contributed by atoms with Gasteiger partial charge in [-0.25, -0.2) is 0 Å². The molecule has 1 saturated heterocycles. The van der Waals surface area contributed by atoms with Crippen LogP contribution in [0.2, 0.25) is 0 Å². The Morgan fingerprint density at radius 1 is 1.17 bits per heavy atom. The van der Waals surface area contributed by atoms with E-state index in [2.05, 4.69) is 47.6 Å². The molecule has 1 aliphatic heterocycles. The highest BCUT2D eigenvalue weighted by Crippen LogP contribution is 2.16. The number of hydrogen-bond acceptors (Lipinski definition) is 2. The van der Waals surface area contributed by atoms with E-state index in [9.17, 15) is 0 Å². The zero-order valence-electron chi connectivity index (χ0n) is 11.6. The second-order valence-corrected chi connectivity index (χ2v) is 5.43. The predicted molar refractivity (Wildman–Crippen MR) is 77.9 cm³/mol. The van der Waals surface area contributed by atoms with E-state index in [0.29, 0.717) is 0 Å².